The van der Waals surface area contributed by atoms with Gasteiger partial charge in [-0.3, -0.25) is 9.69 Å². The number of fused-ring (bicyclic) bond motifs is 1. The summed E-state index contributed by atoms with van der Waals surface area (Å²) in [6.07, 6.45) is 3.42. The molecule has 0 spiro atoms. The molecule has 1 unspecified atom stereocenters. The average molecular weight is 292 g/mol. The van der Waals surface area contributed by atoms with Crippen molar-refractivity contribution in [3.63, 3.8) is 0 Å². The Balaban J connectivity index is 1.72. The Labute approximate surface area is 125 Å². The Morgan fingerprint density at radius 1 is 1.38 bits per heavy atom. The summed E-state index contributed by atoms with van der Waals surface area (Å²) in [6.45, 7) is 6.82. The van der Waals surface area contributed by atoms with Crippen LogP contribution in [0, 0.1) is 0 Å². The first-order chi connectivity index (χ1) is 10.3. The molecule has 2 aliphatic heterocycles. The van der Waals surface area contributed by atoms with E-state index < -0.39 is 0 Å². The zero-order valence-electron chi connectivity index (χ0n) is 12.6. The summed E-state index contributed by atoms with van der Waals surface area (Å²) < 4.78 is 2.24. The SMILES string of the molecule is CCNC(=O)C1CNCCN1Cc1nnc2n1CCCC2. The van der Waals surface area contributed by atoms with Crippen LogP contribution in [0.1, 0.15) is 31.4 Å². The Kier molecular flexibility index (Phi) is 4.50. The molecule has 1 aromatic heterocycles. The number of carbonyl (C=O) groups is 1. The highest BCUT2D eigenvalue weighted by molar-refractivity contribution is 5.82. The molecule has 21 heavy (non-hydrogen) atoms. The maximum Gasteiger partial charge on any atom is 0.238 e. The van der Waals surface area contributed by atoms with E-state index in [4.69, 9.17) is 0 Å². The zero-order valence-corrected chi connectivity index (χ0v) is 12.6. The lowest BCUT2D eigenvalue weighted by molar-refractivity contribution is -0.127. The van der Waals surface area contributed by atoms with E-state index in [1.54, 1.807) is 0 Å². The molecule has 2 N–H and O–H groups in total. The Bertz CT molecular complexity index is 500. The molecule has 0 bridgehead atoms. The molecule has 1 aromatic rings. The van der Waals surface area contributed by atoms with E-state index in [-0.39, 0.29) is 11.9 Å². The number of nitrogens with one attached hydrogen (secondary N) is 2. The molecule has 0 radical (unpaired) electrons. The fourth-order valence-electron chi connectivity index (χ4n) is 3.15. The molecular weight excluding hydrogens is 268 g/mol. The average Bonchev–Trinajstić information content (AvgIpc) is 2.91. The second-order valence-electron chi connectivity index (χ2n) is 5.73. The summed E-state index contributed by atoms with van der Waals surface area (Å²) in [4.78, 5) is 14.4. The number of likely N-dealkylation sites (N-methyl/N-ethyl adjacent to an activating group) is 1. The van der Waals surface area contributed by atoms with E-state index in [1.807, 2.05) is 6.92 Å². The van der Waals surface area contributed by atoms with Gasteiger partial charge in [-0.15, -0.1) is 10.2 Å². The molecule has 7 nitrogen and oxygen atoms in total. The fourth-order valence-corrected chi connectivity index (χ4v) is 3.15. The molecule has 2 aliphatic rings. The maximum absolute atomic E-state index is 12.2. The van der Waals surface area contributed by atoms with Gasteiger partial charge in [0, 0.05) is 39.1 Å². The number of nitrogens with zero attached hydrogens (tertiary/aromatic N) is 4. The first-order valence-corrected chi connectivity index (χ1v) is 7.93. The van der Waals surface area contributed by atoms with Crippen molar-refractivity contribution in [2.45, 2.75) is 45.3 Å². The Hall–Kier alpha value is -1.47. The van der Waals surface area contributed by atoms with Crippen LogP contribution >= 0.6 is 0 Å². The van der Waals surface area contributed by atoms with Crippen LogP contribution in [0.25, 0.3) is 0 Å². The highest BCUT2D eigenvalue weighted by Crippen LogP contribution is 2.16. The van der Waals surface area contributed by atoms with E-state index in [0.29, 0.717) is 19.6 Å². The van der Waals surface area contributed by atoms with Crippen LogP contribution in [0.15, 0.2) is 0 Å². The smallest absolute Gasteiger partial charge is 0.238 e. The third kappa shape index (κ3) is 3.08. The zero-order chi connectivity index (χ0) is 14.7. The minimum atomic E-state index is -0.116. The third-order valence-corrected chi connectivity index (χ3v) is 4.29. The lowest BCUT2D eigenvalue weighted by Crippen LogP contribution is -2.57. The van der Waals surface area contributed by atoms with Gasteiger partial charge in [0.15, 0.2) is 0 Å². The minimum Gasteiger partial charge on any atom is -0.355 e. The predicted molar refractivity (Wildman–Crippen MR) is 78.7 cm³/mol. The molecule has 1 atom stereocenters. The fraction of sp³-hybridized carbons (Fsp3) is 0.786. The summed E-state index contributed by atoms with van der Waals surface area (Å²) in [7, 11) is 0. The minimum absolute atomic E-state index is 0.100. The second kappa shape index (κ2) is 6.53. The Morgan fingerprint density at radius 2 is 2.29 bits per heavy atom. The molecule has 116 valence electrons. The van der Waals surface area contributed by atoms with Crippen molar-refractivity contribution in [2.24, 2.45) is 0 Å². The van der Waals surface area contributed by atoms with Crippen molar-refractivity contribution in [3.05, 3.63) is 11.6 Å². The molecule has 1 amide bonds. The highest BCUT2D eigenvalue weighted by atomic mass is 16.2. The lowest BCUT2D eigenvalue weighted by Gasteiger charge is -2.34. The van der Waals surface area contributed by atoms with Crippen molar-refractivity contribution < 1.29 is 4.79 Å². The number of carbonyl (C=O) groups excluding carboxylic acids is 1. The van der Waals surface area contributed by atoms with Gasteiger partial charge in [0.05, 0.1) is 6.54 Å². The van der Waals surface area contributed by atoms with Crippen LogP contribution in [0.4, 0.5) is 0 Å². The van der Waals surface area contributed by atoms with Gasteiger partial charge < -0.3 is 15.2 Å². The molecule has 7 heteroatoms. The number of hydrogen-bond donors (Lipinski definition) is 2. The second-order valence-corrected chi connectivity index (χ2v) is 5.73. The summed E-state index contributed by atoms with van der Waals surface area (Å²) in [6, 6.07) is -0.116. The first kappa shape index (κ1) is 14.5. The number of amides is 1. The van der Waals surface area contributed by atoms with E-state index in [9.17, 15) is 4.79 Å². The molecule has 1 fully saturated rings. The summed E-state index contributed by atoms with van der Waals surface area (Å²) in [5.74, 6) is 2.20. The Morgan fingerprint density at radius 3 is 3.14 bits per heavy atom. The number of aromatic nitrogens is 3. The van der Waals surface area contributed by atoms with Crippen molar-refractivity contribution >= 4 is 5.91 Å². The topological polar surface area (TPSA) is 75.1 Å². The number of piperazine rings is 1. The third-order valence-electron chi connectivity index (χ3n) is 4.29. The molecule has 1 saturated heterocycles. The van der Waals surface area contributed by atoms with Crippen molar-refractivity contribution in [1.82, 2.24) is 30.3 Å². The summed E-state index contributed by atoms with van der Waals surface area (Å²) >= 11 is 0. The quantitative estimate of drug-likeness (QED) is 0.784. The number of aryl methyl sites for hydroxylation is 1. The molecule has 3 rings (SSSR count). The van der Waals surface area contributed by atoms with Crippen LogP contribution < -0.4 is 10.6 Å². The van der Waals surface area contributed by atoms with Gasteiger partial charge >= 0.3 is 0 Å². The van der Waals surface area contributed by atoms with E-state index in [2.05, 4.69) is 30.3 Å². The van der Waals surface area contributed by atoms with Gasteiger partial charge in [0.25, 0.3) is 0 Å². The maximum atomic E-state index is 12.2. The van der Waals surface area contributed by atoms with Crippen molar-refractivity contribution in [2.75, 3.05) is 26.2 Å². The highest BCUT2D eigenvalue weighted by Gasteiger charge is 2.29. The van der Waals surface area contributed by atoms with Crippen molar-refractivity contribution in [3.8, 4) is 0 Å². The summed E-state index contributed by atoms with van der Waals surface area (Å²) in [5.41, 5.74) is 0. The molecule has 0 aromatic carbocycles. The normalized spacial score (nSPS) is 22.8. The van der Waals surface area contributed by atoms with E-state index in [1.165, 1.54) is 12.8 Å². The summed E-state index contributed by atoms with van der Waals surface area (Å²) in [5, 5.41) is 14.9. The van der Waals surface area contributed by atoms with Gasteiger partial charge in [0.1, 0.15) is 17.7 Å². The molecule has 3 heterocycles. The van der Waals surface area contributed by atoms with Crippen LogP contribution in [0.2, 0.25) is 0 Å². The standard InChI is InChI=1S/C14H24N6O/c1-2-16-14(21)11-9-15-6-8-19(11)10-13-18-17-12-5-3-4-7-20(12)13/h11,15H,2-10H2,1H3,(H,16,21). The molecular formula is C14H24N6O. The van der Waals surface area contributed by atoms with E-state index in [0.717, 1.165) is 37.7 Å². The lowest BCUT2D eigenvalue weighted by atomic mass is 10.1. The van der Waals surface area contributed by atoms with Crippen molar-refractivity contribution in [1.29, 1.82) is 0 Å². The van der Waals surface area contributed by atoms with Gasteiger partial charge in [-0.25, -0.2) is 0 Å². The first-order valence-electron chi connectivity index (χ1n) is 7.93. The monoisotopic (exact) mass is 292 g/mol. The predicted octanol–water partition coefficient (Wildman–Crippen LogP) is -0.476. The van der Waals surface area contributed by atoms with Crippen LogP contribution in [0.5, 0.6) is 0 Å². The van der Waals surface area contributed by atoms with Crippen LogP contribution in [-0.2, 0) is 24.3 Å². The van der Waals surface area contributed by atoms with Crippen LogP contribution in [0.3, 0.4) is 0 Å². The van der Waals surface area contributed by atoms with Gasteiger partial charge in [-0.05, 0) is 19.8 Å². The van der Waals surface area contributed by atoms with Gasteiger partial charge in [-0.1, -0.05) is 0 Å². The number of hydrogen-bond acceptors (Lipinski definition) is 5. The van der Waals surface area contributed by atoms with Gasteiger partial charge in [0.2, 0.25) is 5.91 Å². The number of rotatable bonds is 4. The van der Waals surface area contributed by atoms with E-state index >= 15 is 0 Å². The van der Waals surface area contributed by atoms with Gasteiger partial charge in [-0.2, -0.15) is 0 Å². The largest absolute Gasteiger partial charge is 0.355 e. The molecule has 0 saturated carbocycles. The molecule has 0 aliphatic carbocycles. The van der Waals surface area contributed by atoms with Crippen LogP contribution in [-0.4, -0.2) is 57.8 Å².